The maximum absolute atomic E-state index is 9.81. The van der Waals surface area contributed by atoms with Gasteiger partial charge in [0.25, 0.3) is 0 Å². The molecule has 2 aliphatic rings. The lowest BCUT2D eigenvalue weighted by Crippen LogP contribution is -2.22. The Morgan fingerprint density at radius 2 is 2.24 bits per heavy atom. The van der Waals surface area contributed by atoms with Crippen molar-refractivity contribution >= 4 is 16.9 Å². The molecule has 0 unspecified atom stereocenters. The lowest BCUT2D eigenvalue weighted by molar-refractivity contribution is 0.244. The molecule has 7 nitrogen and oxygen atoms in total. The standard InChI is InChI=1S/C14H16N6O/c1-20-5-4-9(6-11(20)21)16-14-12-10(7-15-19-12)17-13(18-14)8-2-3-8/h4,6-8,21H,2-3,5H2,1H3,(H,15,19)(H,16,17,18). The second kappa shape index (κ2) is 4.47. The van der Waals surface area contributed by atoms with Crippen LogP contribution < -0.4 is 5.32 Å². The number of likely N-dealkylation sites (N-methyl/N-ethyl adjacent to an activating group) is 1. The van der Waals surface area contributed by atoms with E-state index in [1.807, 2.05) is 13.1 Å². The zero-order valence-corrected chi connectivity index (χ0v) is 11.7. The molecule has 0 spiro atoms. The van der Waals surface area contributed by atoms with Crippen molar-refractivity contribution < 1.29 is 5.11 Å². The number of H-pyrrole nitrogens is 1. The molecule has 0 aromatic carbocycles. The Bertz CT molecular complexity index is 758. The number of nitrogens with one attached hydrogen (secondary N) is 2. The van der Waals surface area contributed by atoms with E-state index >= 15 is 0 Å². The van der Waals surface area contributed by atoms with Gasteiger partial charge in [-0.25, -0.2) is 9.97 Å². The van der Waals surface area contributed by atoms with E-state index in [2.05, 4.69) is 25.5 Å². The summed E-state index contributed by atoms with van der Waals surface area (Å²) in [7, 11) is 1.84. The van der Waals surface area contributed by atoms with Crippen molar-refractivity contribution in [2.24, 2.45) is 0 Å². The van der Waals surface area contributed by atoms with E-state index in [9.17, 15) is 5.11 Å². The van der Waals surface area contributed by atoms with Gasteiger partial charge in [0.15, 0.2) is 11.7 Å². The van der Waals surface area contributed by atoms with E-state index in [1.165, 1.54) is 0 Å². The first-order valence-electron chi connectivity index (χ1n) is 7.01. The molecule has 2 aromatic rings. The first-order chi connectivity index (χ1) is 10.2. The van der Waals surface area contributed by atoms with Crippen molar-refractivity contribution in [3.8, 4) is 0 Å². The van der Waals surface area contributed by atoms with Gasteiger partial charge in [0, 0.05) is 31.3 Å². The molecule has 3 N–H and O–H groups in total. The van der Waals surface area contributed by atoms with Gasteiger partial charge in [-0.15, -0.1) is 0 Å². The van der Waals surface area contributed by atoms with Crippen LogP contribution in [-0.2, 0) is 0 Å². The largest absolute Gasteiger partial charge is 0.495 e. The van der Waals surface area contributed by atoms with Crippen LogP contribution in [-0.4, -0.2) is 43.8 Å². The average Bonchev–Trinajstić information content (AvgIpc) is 3.21. The molecule has 1 aliphatic heterocycles. The Morgan fingerprint density at radius 1 is 1.38 bits per heavy atom. The van der Waals surface area contributed by atoms with Crippen LogP contribution in [0.25, 0.3) is 11.0 Å². The predicted molar refractivity (Wildman–Crippen MR) is 78.7 cm³/mol. The third-order valence-corrected chi connectivity index (χ3v) is 3.78. The highest BCUT2D eigenvalue weighted by atomic mass is 16.3. The number of aromatic amines is 1. The topological polar surface area (TPSA) is 90.0 Å². The monoisotopic (exact) mass is 284 g/mol. The van der Waals surface area contributed by atoms with Crippen LogP contribution in [0, 0.1) is 0 Å². The fraction of sp³-hybridized carbons (Fsp3) is 0.357. The fourth-order valence-electron chi connectivity index (χ4n) is 2.33. The molecule has 0 bridgehead atoms. The summed E-state index contributed by atoms with van der Waals surface area (Å²) in [6.45, 7) is 0.650. The van der Waals surface area contributed by atoms with Crippen molar-refractivity contribution in [1.82, 2.24) is 25.1 Å². The number of hydrogen-bond acceptors (Lipinski definition) is 6. The minimum Gasteiger partial charge on any atom is -0.495 e. The van der Waals surface area contributed by atoms with Crippen LogP contribution in [0.1, 0.15) is 24.6 Å². The molecule has 3 heterocycles. The van der Waals surface area contributed by atoms with Gasteiger partial charge in [0.05, 0.1) is 6.20 Å². The van der Waals surface area contributed by atoms with Crippen LogP contribution >= 0.6 is 0 Å². The molecule has 4 rings (SSSR count). The van der Waals surface area contributed by atoms with E-state index in [0.29, 0.717) is 18.3 Å². The molecular formula is C14H16N6O. The number of nitrogens with zero attached hydrogens (tertiary/aromatic N) is 4. The molecule has 1 fully saturated rings. The van der Waals surface area contributed by atoms with Crippen LogP contribution in [0.4, 0.5) is 5.82 Å². The highest BCUT2D eigenvalue weighted by molar-refractivity contribution is 5.85. The number of aromatic nitrogens is 4. The molecule has 2 aromatic heterocycles. The molecule has 1 saturated carbocycles. The molecule has 0 radical (unpaired) electrons. The number of aliphatic hydroxyl groups excluding tert-OH is 1. The molecule has 0 saturated heterocycles. The predicted octanol–water partition coefficient (Wildman–Crippen LogP) is 1.87. The smallest absolute Gasteiger partial charge is 0.188 e. The maximum Gasteiger partial charge on any atom is 0.188 e. The number of allylic oxidation sites excluding steroid dienone is 1. The van der Waals surface area contributed by atoms with Crippen LogP contribution in [0.15, 0.2) is 29.9 Å². The SMILES string of the molecule is CN1CC=C(Nc2nc(C3CC3)nc3cn[nH]c23)C=C1O. The average molecular weight is 284 g/mol. The summed E-state index contributed by atoms with van der Waals surface area (Å²) < 4.78 is 0. The number of anilines is 1. The number of hydrogen-bond donors (Lipinski definition) is 3. The Balaban J connectivity index is 1.71. The second-order valence-corrected chi connectivity index (χ2v) is 5.50. The van der Waals surface area contributed by atoms with Gasteiger partial charge in [-0.1, -0.05) is 0 Å². The van der Waals surface area contributed by atoms with Crippen LogP contribution in [0.2, 0.25) is 0 Å². The Labute approximate surface area is 121 Å². The summed E-state index contributed by atoms with van der Waals surface area (Å²) in [5.41, 5.74) is 2.42. The summed E-state index contributed by atoms with van der Waals surface area (Å²) >= 11 is 0. The summed E-state index contributed by atoms with van der Waals surface area (Å²) in [6.07, 6.45) is 7.70. The van der Waals surface area contributed by atoms with Gasteiger partial charge in [-0.05, 0) is 18.9 Å². The summed E-state index contributed by atoms with van der Waals surface area (Å²) in [4.78, 5) is 10.9. The molecule has 108 valence electrons. The summed E-state index contributed by atoms with van der Waals surface area (Å²) in [5.74, 6) is 2.28. The lowest BCUT2D eigenvalue weighted by atomic mass is 10.2. The van der Waals surface area contributed by atoms with Crippen molar-refractivity contribution in [3.63, 3.8) is 0 Å². The Kier molecular flexibility index (Phi) is 2.60. The van der Waals surface area contributed by atoms with Gasteiger partial charge in [0.1, 0.15) is 16.9 Å². The van der Waals surface area contributed by atoms with Crippen molar-refractivity contribution in [1.29, 1.82) is 0 Å². The van der Waals surface area contributed by atoms with Crippen molar-refractivity contribution in [2.75, 3.05) is 18.9 Å². The van der Waals surface area contributed by atoms with E-state index in [0.717, 1.165) is 35.4 Å². The lowest BCUT2D eigenvalue weighted by Gasteiger charge is -2.21. The molecule has 0 amide bonds. The normalized spacial score (nSPS) is 18.6. The molecular weight excluding hydrogens is 268 g/mol. The highest BCUT2D eigenvalue weighted by Gasteiger charge is 2.28. The van der Waals surface area contributed by atoms with Crippen molar-refractivity contribution in [3.05, 3.63) is 35.8 Å². The fourth-order valence-corrected chi connectivity index (χ4v) is 2.33. The van der Waals surface area contributed by atoms with Gasteiger partial charge < -0.3 is 15.3 Å². The van der Waals surface area contributed by atoms with Crippen LogP contribution in [0.3, 0.4) is 0 Å². The molecule has 0 atom stereocenters. The summed E-state index contributed by atoms with van der Waals surface area (Å²) in [5, 5.41) is 20.0. The Hall–Kier alpha value is -2.57. The number of aliphatic hydroxyl groups is 1. The third-order valence-electron chi connectivity index (χ3n) is 3.78. The first-order valence-corrected chi connectivity index (χ1v) is 7.01. The van der Waals surface area contributed by atoms with Gasteiger partial charge in [-0.2, -0.15) is 5.10 Å². The zero-order chi connectivity index (χ0) is 14.4. The van der Waals surface area contributed by atoms with E-state index in [4.69, 9.17) is 0 Å². The van der Waals surface area contributed by atoms with Crippen molar-refractivity contribution in [2.45, 2.75) is 18.8 Å². The van der Waals surface area contributed by atoms with Gasteiger partial charge >= 0.3 is 0 Å². The van der Waals surface area contributed by atoms with E-state index in [-0.39, 0.29) is 5.88 Å². The van der Waals surface area contributed by atoms with Gasteiger partial charge in [0.2, 0.25) is 0 Å². The minimum absolute atomic E-state index is 0.234. The highest BCUT2D eigenvalue weighted by Crippen LogP contribution is 2.39. The van der Waals surface area contributed by atoms with Crippen LogP contribution in [0.5, 0.6) is 0 Å². The zero-order valence-electron chi connectivity index (χ0n) is 11.7. The van der Waals surface area contributed by atoms with E-state index in [1.54, 1.807) is 17.2 Å². The third kappa shape index (κ3) is 2.20. The first kappa shape index (κ1) is 12.2. The number of fused-ring (bicyclic) bond motifs is 1. The molecule has 1 aliphatic carbocycles. The Morgan fingerprint density at radius 3 is 3.00 bits per heavy atom. The quantitative estimate of drug-likeness (QED) is 0.797. The molecule has 7 heteroatoms. The van der Waals surface area contributed by atoms with Gasteiger partial charge in [-0.3, -0.25) is 5.10 Å². The summed E-state index contributed by atoms with van der Waals surface area (Å²) in [6, 6.07) is 0. The second-order valence-electron chi connectivity index (χ2n) is 5.50. The maximum atomic E-state index is 9.81. The number of rotatable bonds is 3. The minimum atomic E-state index is 0.234. The molecule has 21 heavy (non-hydrogen) atoms. The van der Waals surface area contributed by atoms with E-state index < -0.39 is 0 Å².